The maximum absolute atomic E-state index is 12.8. The van der Waals surface area contributed by atoms with Gasteiger partial charge in [0.1, 0.15) is 5.82 Å². The van der Waals surface area contributed by atoms with E-state index in [0.717, 1.165) is 54.4 Å². The van der Waals surface area contributed by atoms with Crippen molar-refractivity contribution in [1.29, 1.82) is 0 Å². The van der Waals surface area contributed by atoms with E-state index >= 15 is 0 Å². The average Bonchev–Trinajstić information content (AvgIpc) is 3.24. The molecule has 0 saturated carbocycles. The first-order valence-corrected chi connectivity index (χ1v) is 11.0. The van der Waals surface area contributed by atoms with Gasteiger partial charge >= 0.3 is 0 Å². The van der Waals surface area contributed by atoms with Crippen LogP contribution in [0.5, 0.6) is 0 Å². The minimum atomic E-state index is -1.55. The second-order valence-electron chi connectivity index (χ2n) is 9.15. The van der Waals surface area contributed by atoms with Crippen LogP contribution in [0.4, 0.5) is 5.82 Å². The van der Waals surface area contributed by atoms with Gasteiger partial charge in [0.05, 0.1) is 29.7 Å². The highest BCUT2D eigenvalue weighted by molar-refractivity contribution is 6.56. The van der Waals surface area contributed by atoms with E-state index in [9.17, 15) is 4.79 Å². The van der Waals surface area contributed by atoms with Crippen molar-refractivity contribution in [3.8, 4) is 11.1 Å². The largest absolute Gasteiger partial charge is 0.310 e. The van der Waals surface area contributed by atoms with Crippen LogP contribution in [0.25, 0.3) is 21.9 Å². The number of amides is 1. The fourth-order valence-corrected chi connectivity index (χ4v) is 4.19. The zero-order valence-corrected chi connectivity index (χ0v) is 18.7. The van der Waals surface area contributed by atoms with Crippen molar-refractivity contribution in [3.63, 3.8) is 0 Å². The summed E-state index contributed by atoms with van der Waals surface area (Å²) in [5, 5.41) is 7.54. The summed E-state index contributed by atoms with van der Waals surface area (Å²) < 4.78 is 1.32. The summed E-state index contributed by atoms with van der Waals surface area (Å²) >= 11 is 0. The lowest BCUT2D eigenvalue weighted by Gasteiger charge is -2.32. The number of anilines is 1. The number of aromatic nitrogens is 3. The van der Waals surface area contributed by atoms with Crippen LogP contribution >= 0.6 is 0 Å². The standard InChI is InChI=1S/C23H26B3N5O/c1-15(2)13-30-7-5-16(6-8-30)22(32)29-21-10-19-9-17(3-4-18(19)11-27-21)20-12-28-31(14-20)23(24,25)26/h3-4,9-12,14-16H,5-8,13H2,1-2H3,(H,27,29,32). The van der Waals surface area contributed by atoms with Crippen molar-refractivity contribution < 1.29 is 4.79 Å². The zero-order chi connectivity index (χ0) is 22.9. The number of carbonyl (C=O) groups excluding carboxylic acids is 1. The molecule has 9 heteroatoms. The first kappa shape index (κ1) is 22.7. The van der Waals surface area contributed by atoms with E-state index < -0.39 is 5.24 Å². The molecule has 0 aliphatic carbocycles. The SMILES string of the molecule is [B]C([B])([B])n1cc(-c2ccc3cnc(NC(=O)C4CCN(CC(C)C)CC4)cc3c2)cn1. The number of carbonyl (C=O) groups is 1. The lowest BCUT2D eigenvalue weighted by Crippen LogP contribution is -2.39. The number of nitrogens with zero attached hydrogens (tertiary/aromatic N) is 4. The van der Waals surface area contributed by atoms with Gasteiger partial charge in [-0.15, -0.1) is 0 Å². The Morgan fingerprint density at radius 1 is 1.12 bits per heavy atom. The van der Waals surface area contributed by atoms with Crippen LogP contribution in [0.3, 0.4) is 0 Å². The van der Waals surface area contributed by atoms with Gasteiger partial charge in [0.25, 0.3) is 0 Å². The van der Waals surface area contributed by atoms with Gasteiger partial charge in [-0.05, 0) is 60.2 Å². The molecule has 1 N–H and O–H groups in total. The van der Waals surface area contributed by atoms with Gasteiger partial charge in [-0.25, -0.2) is 4.98 Å². The molecule has 3 aromatic rings. The summed E-state index contributed by atoms with van der Waals surface area (Å²) in [7, 11) is 17.1. The number of nitrogens with one attached hydrogen (secondary N) is 1. The van der Waals surface area contributed by atoms with Gasteiger partial charge in [0, 0.05) is 35.8 Å². The Morgan fingerprint density at radius 2 is 1.88 bits per heavy atom. The summed E-state index contributed by atoms with van der Waals surface area (Å²) in [6.07, 6.45) is 6.90. The molecule has 1 fully saturated rings. The number of hydrogen-bond donors (Lipinski definition) is 1. The molecule has 32 heavy (non-hydrogen) atoms. The Kier molecular flexibility index (Phi) is 6.47. The fourth-order valence-electron chi connectivity index (χ4n) is 4.19. The highest BCUT2D eigenvalue weighted by Crippen LogP contribution is 2.26. The molecule has 6 radical (unpaired) electrons. The van der Waals surface area contributed by atoms with Gasteiger partial charge < -0.3 is 10.2 Å². The maximum atomic E-state index is 12.8. The third kappa shape index (κ3) is 5.26. The van der Waals surface area contributed by atoms with Crippen LogP contribution in [0.2, 0.25) is 0 Å². The Hall–Kier alpha value is -2.54. The Morgan fingerprint density at radius 3 is 2.53 bits per heavy atom. The van der Waals surface area contributed by atoms with Gasteiger partial charge in [-0.2, -0.15) is 5.10 Å². The first-order valence-electron chi connectivity index (χ1n) is 11.0. The molecule has 1 aliphatic heterocycles. The fraction of sp³-hybridized carbons (Fsp3) is 0.435. The van der Waals surface area contributed by atoms with Crippen molar-refractivity contribution in [2.75, 3.05) is 25.0 Å². The monoisotopic (exact) mass is 421 g/mol. The molecule has 0 unspecified atom stereocenters. The molecule has 6 nitrogen and oxygen atoms in total. The van der Waals surface area contributed by atoms with E-state index in [4.69, 9.17) is 23.5 Å². The minimum absolute atomic E-state index is 0.0251. The summed E-state index contributed by atoms with van der Waals surface area (Å²) in [6.45, 7) is 7.47. The van der Waals surface area contributed by atoms with Crippen LogP contribution in [0.1, 0.15) is 26.7 Å². The molecule has 0 atom stereocenters. The molecule has 1 aliphatic rings. The minimum Gasteiger partial charge on any atom is -0.310 e. The second kappa shape index (κ2) is 9.14. The van der Waals surface area contributed by atoms with Crippen LogP contribution < -0.4 is 5.32 Å². The Balaban J connectivity index is 1.46. The first-order chi connectivity index (χ1) is 15.2. The highest BCUT2D eigenvalue weighted by atomic mass is 16.1. The van der Waals surface area contributed by atoms with Crippen LogP contribution in [-0.4, -0.2) is 68.7 Å². The molecule has 1 saturated heterocycles. The van der Waals surface area contributed by atoms with Gasteiger partial charge in [-0.3, -0.25) is 9.48 Å². The van der Waals surface area contributed by atoms with Crippen LogP contribution in [0.15, 0.2) is 42.9 Å². The van der Waals surface area contributed by atoms with Gasteiger partial charge in [-0.1, -0.05) is 26.0 Å². The molecule has 3 heterocycles. The number of piperidine rings is 1. The smallest absolute Gasteiger partial charge is 0.228 e. The third-order valence-corrected chi connectivity index (χ3v) is 5.87. The number of likely N-dealkylation sites (tertiary alicyclic amines) is 1. The van der Waals surface area contributed by atoms with Crippen molar-refractivity contribution in [2.24, 2.45) is 11.8 Å². The molecule has 0 bridgehead atoms. The van der Waals surface area contributed by atoms with Crippen LogP contribution in [-0.2, 0) is 10.0 Å². The Labute approximate surface area is 193 Å². The van der Waals surface area contributed by atoms with E-state index in [1.807, 2.05) is 24.3 Å². The summed E-state index contributed by atoms with van der Waals surface area (Å²) in [4.78, 5) is 19.7. The predicted molar refractivity (Wildman–Crippen MR) is 131 cm³/mol. The van der Waals surface area contributed by atoms with Crippen molar-refractivity contribution >= 4 is 46.0 Å². The van der Waals surface area contributed by atoms with E-state index in [1.165, 1.54) is 4.68 Å². The summed E-state index contributed by atoms with van der Waals surface area (Å²) in [6, 6.07) is 7.86. The topological polar surface area (TPSA) is 63.1 Å². The number of fused-ring (bicyclic) bond motifs is 1. The quantitative estimate of drug-likeness (QED) is 0.622. The lowest BCUT2D eigenvalue weighted by molar-refractivity contribution is -0.121. The molecular weight excluding hydrogens is 395 g/mol. The highest BCUT2D eigenvalue weighted by Gasteiger charge is 2.25. The second-order valence-corrected chi connectivity index (χ2v) is 9.15. The molecule has 2 aromatic heterocycles. The molecule has 0 spiro atoms. The number of rotatable bonds is 6. The average molecular weight is 421 g/mol. The molecule has 1 amide bonds. The molecule has 4 rings (SSSR count). The molecular formula is C23H26B3N5O. The predicted octanol–water partition coefficient (Wildman–Crippen LogP) is 2.48. The third-order valence-electron chi connectivity index (χ3n) is 5.87. The zero-order valence-electron chi connectivity index (χ0n) is 18.7. The van der Waals surface area contributed by atoms with Gasteiger partial charge in [0.15, 0.2) is 0 Å². The summed E-state index contributed by atoms with van der Waals surface area (Å²) in [5.74, 6) is 1.27. The number of benzene rings is 1. The lowest BCUT2D eigenvalue weighted by atomic mass is 9.49. The summed E-state index contributed by atoms with van der Waals surface area (Å²) in [5.41, 5.74) is 1.78. The van der Waals surface area contributed by atoms with Crippen molar-refractivity contribution in [2.45, 2.75) is 31.9 Å². The molecule has 1 aromatic carbocycles. The van der Waals surface area contributed by atoms with E-state index in [1.54, 1.807) is 18.6 Å². The van der Waals surface area contributed by atoms with Crippen LogP contribution in [0, 0.1) is 11.8 Å². The van der Waals surface area contributed by atoms with E-state index in [2.05, 4.69) is 34.1 Å². The Bertz CT molecular complexity index is 1100. The van der Waals surface area contributed by atoms with E-state index in [0.29, 0.717) is 11.7 Å². The number of hydrogen-bond acceptors (Lipinski definition) is 4. The number of pyridine rings is 1. The molecule has 158 valence electrons. The normalized spacial score (nSPS) is 16.0. The van der Waals surface area contributed by atoms with Crippen molar-refractivity contribution in [1.82, 2.24) is 19.7 Å². The van der Waals surface area contributed by atoms with E-state index in [-0.39, 0.29) is 11.8 Å². The van der Waals surface area contributed by atoms with Crippen molar-refractivity contribution in [3.05, 3.63) is 42.9 Å². The van der Waals surface area contributed by atoms with Gasteiger partial charge in [0.2, 0.25) is 5.91 Å². The maximum Gasteiger partial charge on any atom is 0.228 e.